The molecule has 0 atom stereocenters. The summed E-state index contributed by atoms with van der Waals surface area (Å²) < 4.78 is 0. The molecule has 0 fully saturated rings. The van der Waals surface area contributed by atoms with Crippen LogP contribution in [0.5, 0.6) is 0 Å². The molecule has 0 heterocycles. The predicted octanol–water partition coefficient (Wildman–Crippen LogP) is 3.63. The van der Waals surface area contributed by atoms with E-state index in [9.17, 15) is 4.79 Å². The minimum Gasteiger partial charge on any atom is -0.352 e. The van der Waals surface area contributed by atoms with E-state index in [-0.39, 0.29) is 5.91 Å². The van der Waals surface area contributed by atoms with Crippen LogP contribution in [-0.4, -0.2) is 19.0 Å². The van der Waals surface area contributed by atoms with Gasteiger partial charge in [0.05, 0.1) is 0 Å². The number of hydrogen-bond donors (Lipinski definition) is 1. The second-order valence-electron chi connectivity index (χ2n) is 4.69. The second kappa shape index (κ2) is 8.16. The first-order valence-corrected chi connectivity index (χ1v) is 6.54. The van der Waals surface area contributed by atoms with E-state index in [1.807, 2.05) is 24.3 Å². The van der Waals surface area contributed by atoms with Crippen molar-refractivity contribution in [2.24, 2.45) is 5.11 Å². The maximum atomic E-state index is 11.8. The number of rotatable bonds is 7. The van der Waals surface area contributed by atoms with Gasteiger partial charge in [0, 0.05) is 23.6 Å². The molecule has 1 rings (SSSR count). The summed E-state index contributed by atoms with van der Waals surface area (Å²) in [7, 11) is 0. The highest BCUT2D eigenvalue weighted by Gasteiger charge is 2.05. The minimum absolute atomic E-state index is 0.0564. The van der Waals surface area contributed by atoms with Crippen molar-refractivity contribution >= 4 is 5.91 Å². The molecule has 0 aliphatic carbocycles. The van der Waals surface area contributed by atoms with E-state index in [0.717, 1.165) is 12.8 Å². The number of nitrogens with zero attached hydrogens (tertiary/aromatic N) is 3. The fraction of sp³-hybridized carbons (Fsp3) is 0.500. The smallest absolute Gasteiger partial charge is 0.251 e. The maximum Gasteiger partial charge on any atom is 0.251 e. The van der Waals surface area contributed by atoms with Crippen molar-refractivity contribution in [1.82, 2.24) is 5.32 Å². The highest BCUT2D eigenvalue weighted by Crippen LogP contribution is 2.14. The molecule has 0 aromatic heterocycles. The lowest BCUT2D eigenvalue weighted by Gasteiger charge is -2.07. The van der Waals surface area contributed by atoms with Crippen LogP contribution in [0, 0.1) is 0 Å². The maximum absolute atomic E-state index is 11.8. The van der Waals surface area contributed by atoms with Crippen LogP contribution in [0.25, 0.3) is 10.4 Å². The highest BCUT2D eigenvalue weighted by molar-refractivity contribution is 5.94. The van der Waals surface area contributed by atoms with Crippen molar-refractivity contribution in [2.45, 2.75) is 32.6 Å². The zero-order valence-corrected chi connectivity index (χ0v) is 11.5. The Morgan fingerprint density at radius 3 is 2.58 bits per heavy atom. The van der Waals surface area contributed by atoms with Gasteiger partial charge in [0.15, 0.2) is 0 Å². The number of carbonyl (C=O) groups is 1. The van der Waals surface area contributed by atoms with Crippen LogP contribution in [0.4, 0.5) is 0 Å². The number of hydrogen-bond acceptors (Lipinski definition) is 2. The Labute approximate surface area is 113 Å². The van der Waals surface area contributed by atoms with Gasteiger partial charge in [-0.15, -0.1) is 0 Å². The van der Waals surface area contributed by atoms with Crippen LogP contribution in [-0.2, 0) is 0 Å². The van der Waals surface area contributed by atoms with Gasteiger partial charge < -0.3 is 5.32 Å². The van der Waals surface area contributed by atoms with Crippen LogP contribution in [0.1, 0.15) is 48.5 Å². The van der Waals surface area contributed by atoms with Crippen molar-refractivity contribution in [3.05, 3.63) is 45.8 Å². The number of carbonyl (C=O) groups excluding carboxylic acids is 1. The summed E-state index contributed by atoms with van der Waals surface area (Å²) in [6.07, 6.45) is 1.60. The molecule has 1 aromatic rings. The Hall–Kier alpha value is -2.00. The first-order chi connectivity index (χ1) is 9.15. The SMILES string of the molecule is CC(C)c1ccc(C(=O)NCCCCN=[N+]=[N-])cc1. The summed E-state index contributed by atoms with van der Waals surface area (Å²) in [4.78, 5) is 14.5. The molecule has 1 aromatic carbocycles. The van der Waals surface area contributed by atoms with Crippen molar-refractivity contribution in [3.63, 3.8) is 0 Å². The number of nitrogens with one attached hydrogen (secondary N) is 1. The Morgan fingerprint density at radius 2 is 2.00 bits per heavy atom. The molecule has 0 spiro atoms. The Kier molecular flexibility index (Phi) is 6.47. The third-order valence-corrected chi connectivity index (χ3v) is 2.87. The molecule has 0 saturated carbocycles. The largest absolute Gasteiger partial charge is 0.352 e. The summed E-state index contributed by atoms with van der Waals surface area (Å²) in [6, 6.07) is 7.68. The molecule has 0 bridgehead atoms. The van der Waals surface area contributed by atoms with Gasteiger partial charge >= 0.3 is 0 Å². The average molecular weight is 260 g/mol. The Balaban J connectivity index is 2.35. The van der Waals surface area contributed by atoms with Crippen LogP contribution >= 0.6 is 0 Å². The third-order valence-electron chi connectivity index (χ3n) is 2.87. The first kappa shape index (κ1) is 15.1. The monoisotopic (exact) mass is 260 g/mol. The molecule has 0 radical (unpaired) electrons. The standard InChI is InChI=1S/C14H20N4O/c1-11(2)12-5-7-13(8-6-12)14(19)16-9-3-4-10-17-18-15/h5-8,11H,3-4,9-10H2,1-2H3,(H,16,19). The minimum atomic E-state index is -0.0564. The number of amides is 1. The molecule has 5 heteroatoms. The van der Waals surface area contributed by atoms with Crippen molar-refractivity contribution in [3.8, 4) is 0 Å². The first-order valence-electron chi connectivity index (χ1n) is 6.54. The molecule has 1 amide bonds. The van der Waals surface area contributed by atoms with Gasteiger partial charge in [0.2, 0.25) is 0 Å². The summed E-state index contributed by atoms with van der Waals surface area (Å²) in [5.41, 5.74) is 10.0. The van der Waals surface area contributed by atoms with Gasteiger partial charge in [-0.05, 0) is 42.0 Å². The number of benzene rings is 1. The Bertz CT molecular complexity index is 447. The molecule has 19 heavy (non-hydrogen) atoms. The van der Waals surface area contributed by atoms with E-state index in [0.29, 0.717) is 24.6 Å². The molecule has 0 saturated heterocycles. The lowest BCUT2D eigenvalue weighted by molar-refractivity contribution is 0.0953. The van der Waals surface area contributed by atoms with E-state index in [1.165, 1.54) is 5.56 Å². The molecule has 0 aliphatic rings. The topological polar surface area (TPSA) is 77.9 Å². The lowest BCUT2D eigenvalue weighted by atomic mass is 10.0. The van der Waals surface area contributed by atoms with E-state index in [2.05, 4.69) is 29.2 Å². The molecule has 102 valence electrons. The summed E-state index contributed by atoms with van der Waals surface area (Å²) in [5, 5.41) is 6.29. The predicted molar refractivity (Wildman–Crippen MR) is 76.1 cm³/mol. The second-order valence-corrected chi connectivity index (χ2v) is 4.69. The molecular weight excluding hydrogens is 240 g/mol. The van der Waals surface area contributed by atoms with Gasteiger partial charge in [-0.1, -0.05) is 31.1 Å². The van der Waals surface area contributed by atoms with Gasteiger partial charge in [-0.3, -0.25) is 4.79 Å². The summed E-state index contributed by atoms with van der Waals surface area (Å²) >= 11 is 0. The third kappa shape index (κ3) is 5.44. The van der Waals surface area contributed by atoms with E-state index in [4.69, 9.17) is 5.53 Å². The van der Waals surface area contributed by atoms with Crippen LogP contribution in [0.2, 0.25) is 0 Å². The van der Waals surface area contributed by atoms with E-state index in [1.54, 1.807) is 0 Å². The molecule has 0 aliphatic heterocycles. The van der Waals surface area contributed by atoms with Crippen LogP contribution in [0.3, 0.4) is 0 Å². The summed E-state index contributed by atoms with van der Waals surface area (Å²) in [6.45, 7) is 5.33. The van der Waals surface area contributed by atoms with Gasteiger partial charge in [-0.2, -0.15) is 0 Å². The lowest BCUT2D eigenvalue weighted by Crippen LogP contribution is -2.24. The number of unbranched alkanes of at least 4 members (excludes halogenated alkanes) is 1. The van der Waals surface area contributed by atoms with E-state index >= 15 is 0 Å². The molecule has 5 nitrogen and oxygen atoms in total. The quantitative estimate of drug-likeness (QED) is 0.345. The normalized spacial score (nSPS) is 10.1. The van der Waals surface area contributed by atoms with Gasteiger partial charge in [-0.25, -0.2) is 0 Å². The van der Waals surface area contributed by atoms with Crippen molar-refractivity contribution < 1.29 is 4.79 Å². The van der Waals surface area contributed by atoms with Crippen LogP contribution < -0.4 is 5.32 Å². The molecular formula is C14H20N4O. The van der Waals surface area contributed by atoms with E-state index < -0.39 is 0 Å². The average Bonchev–Trinajstić information content (AvgIpc) is 2.42. The summed E-state index contributed by atoms with van der Waals surface area (Å²) in [5.74, 6) is 0.414. The van der Waals surface area contributed by atoms with Crippen molar-refractivity contribution in [2.75, 3.05) is 13.1 Å². The Morgan fingerprint density at radius 1 is 1.32 bits per heavy atom. The fourth-order valence-corrected chi connectivity index (χ4v) is 1.68. The van der Waals surface area contributed by atoms with Crippen molar-refractivity contribution in [1.29, 1.82) is 0 Å². The molecule has 1 N–H and O–H groups in total. The molecule has 0 unspecified atom stereocenters. The fourth-order valence-electron chi connectivity index (χ4n) is 1.68. The zero-order valence-electron chi connectivity index (χ0n) is 11.5. The number of azide groups is 1. The highest BCUT2D eigenvalue weighted by atomic mass is 16.1. The van der Waals surface area contributed by atoms with Gasteiger partial charge in [0.1, 0.15) is 0 Å². The van der Waals surface area contributed by atoms with Gasteiger partial charge in [0.25, 0.3) is 5.91 Å². The zero-order chi connectivity index (χ0) is 14.1. The van der Waals surface area contributed by atoms with Crippen LogP contribution in [0.15, 0.2) is 29.4 Å².